The van der Waals surface area contributed by atoms with Crippen molar-refractivity contribution in [1.82, 2.24) is 15.0 Å². The first-order valence-electron chi connectivity index (χ1n) is 9.14. The number of fused-ring (bicyclic) bond motifs is 1. The largest absolute Gasteiger partial charge is 0.573 e. The predicted molar refractivity (Wildman–Crippen MR) is 102 cm³/mol. The molecule has 1 aromatic heterocycles. The normalized spacial score (nSPS) is 13.7. The maximum Gasteiger partial charge on any atom is 0.573 e. The zero-order chi connectivity index (χ0) is 25.5. The number of carbonyl (C=O) groups is 1. The van der Waals surface area contributed by atoms with Crippen molar-refractivity contribution in [2.75, 3.05) is 0 Å². The predicted octanol–water partition coefficient (Wildman–Crippen LogP) is 3.80. The van der Waals surface area contributed by atoms with Gasteiger partial charge in [0.05, 0.1) is 23.7 Å². The molecule has 0 aliphatic carbocycles. The lowest BCUT2D eigenvalue weighted by atomic mass is 9.81. The van der Waals surface area contributed by atoms with E-state index in [0.29, 0.717) is 12.1 Å². The number of nitriles is 2. The van der Waals surface area contributed by atoms with E-state index in [4.69, 9.17) is 5.73 Å². The van der Waals surface area contributed by atoms with Gasteiger partial charge in [0.2, 0.25) is 5.91 Å². The third kappa shape index (κ3) is 4.85. The Morgan fingerprint density at radius 3 is 2.32 bits per heavy atom. The maximum absolute atomic E-state index is 13.1. The van der Waals surface area contributed by atoms with Gasteiger partial charge < -0.3 is 10.5 Å². The van der Waals surface area contributed by atoms with Crippen molar-refractivity contribution in [3.63, 3.8) is 0 Å². The van der Waals surface area contributed by atoms with Crippen molar-refractivity contribution in [3.05, 3.63) is 52.6 Å². The molecule has 3 aromatic rings. The molecule has 3 rings (SSSR count). The number of benzene rings is 2. The van der Waals surface area contributed by atoms with Crippen LogP contribution in [0.25, 0.3) is 11.0 Å². The highest BCUT2D eigenvalue weighted by Crippen LogP contribution is 2.35. The van der Waals surface area contributed by atoms with Crippen LogP contribution in [0, 0.1) is 22.7 Å². The Morgan fingerprint density at radius 2 is 1.79 bits per heavy atom. The number of aromatic nitrogens is 3. The van der Waals surface area contributed by atoms with Crippen LogP contribution in [0.4, 0.5) is 26.3 Å². The average Bonchev–Trinajstić information content (AvgIpc) is 3.12. The van der Waals surface area contributed by atoms with E-state index < -0.39 is 47.3 Å². The van der Waals surface area contributed by atoms with E-state index in [1.807, 2.05) is 6.07 Å². The minimum atomic E-state index is -5.06. The van der Waals surface area contributed by atoms with Crippen LogP contribution in [0.3, 0.4) is 0 Å². The number of halogens is 6. The SMILES string of the molecule is CC(C#N)(Cn1nc2cc(C(F)(F)F)cc(C#N)c2n1)c1cc(OC(F)(F)F)ccc1C(N)=O. The fourth-order valence-electron chi connectivity index (χ4n) is 3.24. The van der Waals surface area contributed by atoms with Gasteiger partial charge in [-0.05, 0) is 42.8 Å². The summed E-state index contributed by atoms with van der Waals surface area (Å²) in [5, 5.41) is 26.9. The molecule has 1 atom stereocenters. The van der Waals surface area contributed by atoms with E-state index in [-0.39, 0.29) is 22.2 Å². The Balaban J connectivity index is 2.12. The number of alkyl halides is 6. The Morgan fingerprint density at radius 1 is 1.12 bits per heavy atom. The van der Waals surface area contributed by atoms with Gasteiger partial charge in [-0.1, -0.05) is 0 Å². The molecule has 176 valence electrons. The molecule has 1 unspecified atom stereocenters. The molecule has 34 heavy (non-hydrogen) atoms. The number of primary amides is 1. The Bertz CT molecular complexity index is 1370. The van der Waals surface area contributed by atoms with Crippen molar-refractivity contribution < 1.29 is 35.9 Å². The molecule has 0 aliphatic heterocycles. The quantitative estimate of drug-likeness (QED) is 0.551. The van der Waals surface area contributed by atoms with Crippen molar-refractivity contribution in [2.24, 2.45) is 5.73 Å². The summed E-state index contributed by atoms with van der Waals surface area (Å²) in [5.41, 5.74) is 0.942. The van der Waals surface area contributed by atoms with Crippen LogP contribution in [0.1, 0.15) is 34.0 Å². The van der Waals surface area contributed by atoms with Gasteiger partial charge in [0.25, 0.3) is 0 Å². The van der Waals surface area contributed by atoms with E-state index in [2.05, 4.69) is 14.9 Å². The second kappa shape index (κ2) is 8.22. The first kappa shape index (κ1) is 24.3. The lowest BCUT2D eigenvalue weighted by molar-refractivity contribution is -0.274. The summed E-state index contributed by atoms with van der Waals surface area (Å²) in [6.07, 6.45) is -9.82. The highest BCUT2D eigenvalue weighted by molar-refractivity contribution is 5.95. The minimum absolute atomic E-state index is 0.180. The van der Waals surface area contributed by atoms with Crippen LogP contribution in [-0.2, 0) is 18.1 Å². The van der Waals surface area contributed by atoms with Gasteiger partial charge >= 0.3 is 12.5 Å². The second-order valence-electron chi connectivity index (χ2n) is 7.29. The summed E-state index contributed by atoms with van der Waals surface area (Å²) in [7, 11) is 0. The molecule has 8 nitrogen and oxygen atoms in total. The molecule has 0 aliphatic rings. The lowest BCUT2D eigenvalue weighted by Crippen LogP contribution is -2.31. The minimum Gasteiger partial charge on any atom is -0.406 e. The van der Waals surface area contributed by atoms with Crippen LogP contribution < -0.4 is 10.5 Å². The number of nitrogens with two attached hydrogens (primary N) is 1. The Kier molecular flexibility index (Phi) is 5.88. The van der Waals surface area contributed by atoms with E-state index in [1.165, 1.54) is 6.92 Å². The first-order valence-corrected chi connectivity index (χ1v) is 9.14. The zero-order valence-electron chi connectivity index (χ0n) is 17.0. The Hall–Kier alpha value is -4.33. The van der Waals surface area contributed by atoms with E-state index in [0.717, 1.165) is 23.0 Å². The van der Waals surface area contributed by atoms with Gasteiger partial charge in [-0.15, -0.1) is 13.2 Å². The summed E-state index contributed by atoms with van der Waals surface area (Å²) in [4.78, 5) is 12.7. The summed E-state index contributed by atoms with van der Waals surface area (Å²) >= 11 is 0. The number of rotatable bonds is 5. The lowest BCUT2D eigenvalue weighted by Gasteiger charge is -2.24. The summed E-state index contributed by atoms with van der Waals surface area (Å²) < 4.78 is 81.2. The number of nitrogens with zero attached hydrogens (tertiary/aromatic N) is 5. The van der Waals surface area contributed by atoms with Crippen LogP contribution in [0.15, 0.2) is 30.3 Å². The van der Waals surface area contributed by atoms with Crippen molar-refractivity contribution in [2.45, 2.75) is 31.4 Å². The number of carbonyl (C=O) groups excluding carboxylic acids is 1. The number of hydrogen-bond donors (Lipinski definition) is 1. The fraction of sp³-hybridized carbons (Fsp3) is 0.250. The molecule has 14 heteroatoms. The highest BCUT2D eigenvalue weighted by Gasteiger charge is 2.36. The number of amides is 1. The molecule has 2 aromatic carbocycles. The van der Waals surface area contributed by atoms with Crippen molar-refractivity contribution >= 4 is 16.9 Å². The molecule has 2 N–H and O–H groups in total. The highest BCUT2D eigenvalue weighted by atomic mass is 19.4. The average molecular weight is 482 g/mol. The molecule has 0 bridgehead atoms. The molecule has 0 saturated carbocycles. The first-order chi connectivity index (χ1) is 15.7. The molecule has 0 radical (unpaired) electrons. The van der Waals surface area contributed by atoms with E-state index >= 15 is 0 Å². The van der Waals surface area contributed by atoms with Gasteiger partial charge in [0, 0.05) is 5.56 Å². The molecule has 0 fully saturated rings. The van der Waals surface area contributed by atoms with Crippen molar-refractivity contribution in [3.8, 4) is 17.9 Å². The van der Waals surface area contributed by atoms with Crippen LogP contribution in [-0.4, -0.2) is 27.3 Å². The van der Waals surface area contributed by atoms with Crippen molar-refractivity contribution in [1.29, 1.82) is 10.5 Å². The Labute approximate surface area is 186 Å². The van der Waals surface area contributed by atoms with Crippen LogP contribution >= 0.6 is 0 Å². The molecular formula is C20H12F6N6O2. The fourth-order valence-corrected chi connectivity index (χ4v) is 3.24. The molecule has 1 amide bonds. The molecule has 0 spiro atoms. The van der Waals surface area contributed by atoms with Crippen LogP contribution in [0.5, 0.6) is 5.75 Å². The topological polar surface area (TPSA) is 131 Å². The second-order valence-corrected chi connectivity index (χ2v) is 7.29. The third-order valence-electron chi connectivity index (χ3n) is 4.77. The van der Waals surface area contributed by atoms with Gasteiger partial charge in [-0.25, -0.2) is 0 Å². The van der Waals surface area contributed by atoms with E-state index in [1.54, 1.807) is 6.07 Å². The van der Waals surface area contributed by atoms with Gasteiger partial charge in [-0.3, -0.25) is 4.79 Å². The summed E-state index contributed by atoms with van der Waals surface area (Å²) in [6, 6.07) is 7.29. The summed E-state index contributed by atoms with van der Waals surface area (Å²) in [5.74, 6) is -1.77. The van der Waals surface area contributed by atoms with Crippen LogP contribution in [0.2, 0.25) is 0 Å². The molecule has 0 saturated heterocycles. The smallest absolute Gasteiger partial charge is 0.406 e. The number of ether oxygens (including phenoxy) is 1. The van der Waals surface area contributed by atoms with Gasteiger partial charge in [0.15, 0.2) is 0 Å². The number of hydrogen-bond acceptors (Lipinski definition) is 6. The third-order valence-corrected chi connectivity index (χ3v) is 4.77. The van der Waals surface area contributed by atoms with Gasteiger partial charge in [-0.2, -0.15) is 38.7 Å². The van der Waals surface area contributed by atoms with E-state index in [9.17, 15) is 41.7 Å². The van der Waals surface area contributed by atoms with Gasteiger partial charge in [0.1, 0.15) is 28.3 Å². The summed E-state index contributed by atoms with van der Waals surface area (Å²) in [6.45, 7) is 0.729. The maximum atomic E-state index is 13.1. The zero-order valence-corrected chi connectivity index (χ0v) is 17.0. The molecular weight excluding hydrogens is 470 g/mol. The monoisotopic (exact) mass is 482 g/mol. The standard InChI is InChI=1S/C20H12F6N6O2/c1-18(8-28,14-6-12(34-20(24,25)26)2-3-13(14)17(29)33)9-32-30-15-5-11(19(21,22)23)4-10(7-27)16(15)31-32/h2-6H,9H2,1H3,(H2,29,33). The molecule has 1 heterocycles.